The van der Waals surface area contributed by atoms with Crippen LogP contribution in [0.4, 0.5) is 0 Å². The Bertz CT molecular complexity index is 296. The summed E-state index contributed by atoms with van der Waals surface area (Å²) in [5.41, 5.74) is 0. The Balaban J connectivity index is 3.70. The number of carbonyl (C=O) groups excluding carboxylic acids is 3. The van der Waals surface area contributed by atoms with Gasteiger partial charge >= 0.3 is 0 Å². The van der Waals surface area contributed by atoms with Crippen molar-refractivity contribution in [3.05, 3.63) is 0 Å². The highest BCUT2D eigenvalue weighted by Crippen LogP contribution is 1.77. The minimum absolute atomic E-state index is 0.127. The third kappa shape index (κ3) is 8.48. The molecule has 0 radical (unpaired) electrons. The molecular weight excluding hydrogens is 240 g/mol. The van der Waals surface area contributed by atoms with Gasteiger partial charge in [0.15, 0.2) is 0 Å². The summed E-state index contributed by atoms with van der Waals surface area (Å²) in [5.74, 6) is -1.15. The van der Waals surface area contributed by atoms with E-state index in [0.29, 0.717) is 0 Å². The van der Waals surface area contributed by atoms with E-state index in [1.165, 1.54) is 0 Å². The molecule has 0 aliphatic heterocycles. The third-order valence-electron chi connectivity index (χ3n) is 1.91. The van der Waals surface area contributed by atoms with E-state index >= 15 is 0 Å². The summed E-state index contributed by atoms with van der Waals surface area (Å²) in [6, 6.07) is -0.357. The number of hydrogen-bond donors (Lipinski definition) is 5. The Labute approximate surface area is 106 Å². The van der Waals surface area contributed by atoms with E-state index in [2.05, 4.69) is 21.3 Å². The monoisotopic (exact) mass is 260 g/mol. The van der Waals surface area contributed by atoms with E-state index in [0.717, 1.165) is 0 Å². The molecule has 0 saturated carbocycles. The van der Waals surface area contributed by atoms with E-state index in [-0.39, 0.29) is 38.2 Å². The number of aliphatic hydroxyl groups excluding tert-OH is 1. The SMILES string of the molecule is CNCC(=O)NCC(=O)NCC(=O)NC(C)CO. The van der Waals surface area contributed by atoms with Gasteiger partial charge in [0, 0.05) is 6.04 Å². The van der Waals surface area contributed by atoms with Gasteiger partial charge in [-0.1, -0.05) is 0 Å². The second-order valence-electron chi connectivity index (χ2n) is 3.73. The van der Waals surface area contributed by atoms with Crippen molar-refractivity contribution in [1.82, 2.24) is 21.3 Å². The molecule has 0 rings (SSSR count). The van der Waals surface area contributed by atoms with Gasteiger partial charge in [0.25, 0.3) is 0 Å². The molecular formula is C10H20N4O4. The van der Waals surface area contributed by atoms with Gasteiger partial charge in [-0.3, -0.25) is 14.4 Å². The van der Waals surface area contributed by atoms with Crippen LogP contribution in [0.3, 0.4) is 0 Å². The standard InChI is InChI=1S/C10H20N4O4/c1-7(6-15)14-10(18)5-13-9(17)4-12-8(16)3-11-2/h7,11,15H,3-6H2,1-2H3,(H,12,16)(H,13,17)(H,14,18). The fraction of sp³-hybridized carbons (Fsp3) is 0.700. The highest BCUT2D eigenvalue weighted by atomic mass is 16.3. The number of carbonyl (C=O) groups is 3. The average molecular weight is 260 g/mol. The maximum atomic E-state index is 11.2. The van der Waals surface area contributed by atoms with Crippen LogP contribution in [0.25, 0.3) is 0 Å². The molecule has 0 aliphatic rings. The van der Waals surface area contributed by atoms with Crippen LogP contribution in [0.1, 0.15) is 6.92 Å². The van der Waals surface area contributed by atoms with Gasteiger partial charge in [0.05, 0.1) is 26.2 Å². The van der Waals surface area contributed by atoms with Gasteiger partial charge in [0.1, 0.15) is 0 Å². The van der Waals surface area contributed by atoms with Crippen LogP contribution >= 0.6 is 0 Å². The highest BCUT2D eigenvalue weighted by Gasteiger charge is 2.08. The molecule has 5 N–H and O–H groups in total. The molecule has 0 aromatic carbocycles. The lowest BCUT2D eigenvalue weighted by Gasteiger charge is -2.11. The van der Waals surface area contributed by atoms with Crippen LogP contribution < -0.4 is 21.3 Å². The normalized spacial score (nSPS) is 11.5. The number of nitrogens with one attached hydrogen (secondary N) is 4. The van der Waals surface area contributed by atoms with Gasteiger partial charge in [-0.25, -0.2) is 0 Å². The van der Waals surface area contributed by atoms with Crippen molar-refractivity contribution < 1.29 is 19.5 Å². The van der Waals surface area contributed by atoms with Crippen molar-refractivity contribution in [3.63, 3.8) is 0 Å². The van der Waals surface area contributed by atoms with E-state index in [4.69, 9.17) is 5.11 Å². The summed E-state index contributed by atoms with van der Waals surface area (Å²) >= 11 is 0. The minimum atomic E-state index is -0.453. The Hall–Kier alpha value is -1.67. The summed E-state index contributed by atoms with van der Waals surface area (Å²) in [7, 11) is 1.62. The zero-order valence-electron chi connectivity index (χ0n) is 10.6. The van der Waals surface area contributed by atoms with Gasteiger partial charge in [-0.2, -0.15) is 0 Å². The first-order valence-electron chi connectivity index (χ1n) is 5.57. The van der Waals surface area contributed by atoms with Gasteiger partial charge in [0.2, 0.25) is 17.7 Å². The molecule has 104 valence electrons. The third-order valence-corrected chi connectivity index (χ3v) is 1.91. The summed E-state index contributed by atoms with van der Waals surface area (Å²) < 4.78 is 0. The van der Waals surface area contributed by atoms with Crippen molar-refractivity contribution in [1.29, 1.82) is 0 Å². The summed E-state index contributed by atoms with van der Waals surface area (Å²) in [6.45, 7) is 1.23. The molecule has 0 heterocycles. The molecule has 0 aromatic heterocycles. The summed E-state index contributed by atoms with van der Waals surface area (Å²) in [5, 5.41) is 18.5. The summed E-state index contributed by atoms with van der Waals surface area (Å²) in [4.78, 5) is 33.5. The molecule has 3 amide bonds. The second-order valence-corrected chi connectivity index (χ2v) is 3.73. The maximum absolute atomic E-state index is 11.2. The Morgan fingerprint density at radius 2 is 1.50 bits per heavy atom. The van der Waals surface area contributed by atoms with Crippen molar-refractivity contribution in [3.8, 4) is 0 Å². The maximum Gasteiger partial charge on any atom is 0.239 e. The fourth-order valence-corrected chi connectivity index (χ4v) is 1.01. The molecule has 0 bridgehead atoms. The van der Waals surface area contributed by atoms with Crippen LogP contribution in [0.15, 0.2) is 0 Å². The van der Waals surface area contributed by atoms with Crippen molar-refractivity contribution >= 4 is 17.7 Å². The van der Waals surface area contributed by atoms with E-state index in [1.807, 2.05) is 0 Å². The lowest BCUT2D eigenvalue weighted by molar-refractivity contribution is -0.127. The van der Waals surface area contributed by atoms with Gasteiger partial charge < -0.3 is 26.4 Å². The van der Waals surface area contributed by atoms with Crippen molar-refractivity contribution in [2.24, 2.45) is 0 Å². The number of rotatable bonds is 8. The number of hydrogen-bond acceptors (Lipinski definition) is 5. The lowest BCUT2D eigenvalue weighted by Crippen LogP contribution is -2.45. The zero-order chi connectivity index (χ0) is 14.0. The van der Waals surface area contributed by atoms with Crippen LogP contribution in [0.2, 0.25) is 0 Å². The Morgan fingerprint density at radius 1 is 1.00 bits per heavy atom. The van der Waals surface area contributed by atoms with Gasteiger partial charge in [-0.15, -0.1) is 0 Å². The topological polar surface area (TPSA) is 120 Å². The molecule has 0 spiro atoms. The predicted molar refractivity (Wildman–Crippen MR) is 64.6 cm³/mol. The molecule has 0 fully saturated rings. The predicted octanol–water partition coefficient (Wildman–Crippen LogP) is -3.06. The number of aliphatic hydroxyl groups is 1. The number of likely N-dealkylation sites (N-methyl/N-ethyl adjacent to an activating group) is 1. The molecule has 0 saturated heterocycles. The van der Waals surface area contributed by atoms with Crippen LogP contribution in [0.5, 0.6) is 0 Å². The average Bonchev–Trinajstić information content (AvgIpc) is 2.34. The molecule has 1 atom stereocenters. The van der Waals surface area contributed by atoms with Crippen LogP contribution in [-0.2, 0) is 14.4 Å². The van der Waals surface area contributed by atoms with E-state index < -0.39 is 11.8 Å². The first-order chi connectivity index (χ1) is 8.49. The fourth-order valence-electron chi connectivity index (χ4n) is 1.01. The largest absolute Gasteiger partial charge is 0.394 e. The van der Waals surface area contributed by atoms with Gasteiger partial charge in [-0.05, 0) is 14.0 Å². The Morgan fingerprint density at radius 3 is 2.00 bits per heavy atom. The summed E-state index contributed by atoms with van der Waals surface area (Å²) in [6.07, 6.45) is 0. The zero-order valence-corrected chi connectivity index (χ0v) is 10.6. The smallest absolute Gasteiger partial charge is 0.239 e. The molecule has 1 unspecified atom stereocenters. The Kier molecular flexibility index (Phi) is 8.50. The van der Waals surface area contributed by atoms with Crippen molar-refractivity contribution in [2.75, 3.05) is 33.3 Å². The first-order valence-corrected chi connectivity index (χ1v) is 5.57. The van der Waals surface area contributed by atoms with Crippen LogP contribution in [0, 0.1) is 0 Å². The molecule has 0 aliphatic carbocycles. The van der Waals surface area contributed by atoms with Crippen LogP contribution in [-0.4, -0.2) is 62.2 Å². The highest BCUT2D eigenvalue weighted by molar-refractivity contribution is 5.88. The number of amides is 3. The molecule has 8 nitrogen and oxygen atoms in total. The lowest BCUT2D eigenvalue weighted by atomic mass is 10.3. The van der Waals surface area contributed by atoms with Crippen molar-refractivity contribution in [2.45, 2.75) is 13.0 Å². The minimum Gasteiger partial charge on any atom is -0.394 e. The van der Waals surface area contributed by atoms with E-state index in [1.54, 1.807) is 14.0 Å². The quantitative estimate of drug-likeness (QED) is 0.317. The molecule has 0 aromatic rings. The molecule has 8 heteroatoms. The first kappa shape index (κ1) is 16.3. The molecule has 18 heavy (non-hydrogen) atoms. The second kappa shape index (κ2) is 9.37. The van der Waals surface area contributed by atoms with E-state index in [9.17, 15) is 14.4 Å².